The molecule has 2 atom stereocenters. The highest BCUT2D eigenvalue weighted by Gasteiger charge is 2.28. The molecule has 0 heterocycles. The number of rotatable bonds is 9. The van der Waals surface area contributed by atoms with Gasteiger partial charge in [-0.05, 0) is 94.5 Å². The Morgan fingerprint density at radius 2 is 1.66 bits per heavy atom. The van der Waals surface area contributed by atoms with Gasteiger partial charge in [0.05, 0.1) is 11.6 Å². The lowest BCUT2D eigenvalue weighted by Gasteiger charge is -2.25. The number of phenolic OH excluding ortho intramolecular Hbond substituents is 1. The third kappa shape index (κ3) is 9.62. The van der Waals surface area contributed by atoms with Crippen LogP contribution >= 0.6 is 0 Å². The molecule has 0 bridgehead atoms. The molecule has 0 aromatic heterocycles. The van der Waals surface area contributed by atoms with Gasteiger partial charge < -0.3 is 25.8 Å². The summed E-state index contributed by atoms with van der Waals surface area (Å²) in [5, 5.41) is 26.6. The smallest absolute Gasteiger partial charge is 0.408 e. The molecule has 2 aromatic carbocycles. The zero-order chi connectivity index (χ0) is 28.5. The Labute approximate surface area is 223 Å². The quantitative estimate of drug-likeness (QED) is 0.397. The van der Waals surface area contributed by atoms with Gasteiger partial charge in [0.15, 0.2) is 0 Å². The number of nitriles is 1. The van der Waals surface area contributed by atoms with Crippen LogP contribution in [0.25, 0.3) is 0 Å². The minimum Gasteiger partial charge on any atom is -0.508 e. The van der Waals surface area contributed by atoms with Crippen molar-refractivity contribution in [2.75, 3.05) is 0 Å². The van der Waals surface area contributed by atoms with Crippen LogP contribution in [0.3, 0.4) is 0 Å². The van der Waals surface area contributed by atoms with E-state index >= 15 is 0 Å². The second-order valence-electron chi connectivity index (χ2n) is 10.1. The number of hydrogen-bond donors (Lipinski definition) is 4. The molecule has 9 nitrogen and oxygen atoms in total. The third-order valence-electron chi connectivity index (χ3n) is 5.63. The molecule has 0 saturated heterocycles. The lowest BCUT2D eigenvalue weighted by atomic mass is 9.95. The minimum atomic E-state index is -1.02. The summed E-state index contributed by atoms with van der Waals surface area (Å²) in [7, 11) is 0. The largest absolute Gasteiger partial charge is 0.508 e. The van der Waals surface area contributed by atoms with Gasteiger partial charge in [-0.2, -0.15) is 5.26 Å². The molecule has 0 aliphatic carbocycles. The van der Waals surface area contributed by atoms with E-state index < -0.39 is 35.6 Å². The molecular weight excluding hydrogens is 484 g/mol. The Bertz CT molecular complexity index is 1200. The van der Waals surface area contributed by atoms with Crippen LogP contribution in [0.5, 0.6) is 5.75 Å². The first kappa shape index (κ1) is 29.9. The lowest BCUT2D eigenvalue weighted by molar-refractivity contribution is -0.129. The van der Waals surface area contributed by atoms with Crippen LogP contribution in [0.4, 0.5) is 4.79 Å². The van der Waals surface area contributed by atoms with Crippen molar-refractivity contribution in [1.29, 1.82) is 5.26 Å². The van der Waals surface area contributed by atoms with Crippen molar-refractivity contribution in [3.05, 3.63) is 76.5 Å². The maximum atomic E-state index is 13.2. The molecule has 0 spiro atoms. The molecule has 0 radical (unpaired) electrons. The van der Waals surface area contributed by atoms with Gasteiger partial charge in [0.2, 0.25) is 11.8 Å². The van der Waals surface area contributed by atoms with Crippen molar-refractivity contribution >= 4 is 17.9 Å². The first-order valence-electron chi connectivity index (χ1n) is 12.3. The monoisotopic (exact) mass is 520 g/mol. The van der Waals surface area contributed by atoms with Crippen LogP contribution in [-0.2, 0) is 27.2 Å². The molecule has 0 aliphatic rings. The fourth-order valence-corrected chi connectivity index (χ4v) is 3.71. The molecule has 38 heavy (non-hydrogen) atoms. The van der Waals surface area contributed by atoms with Crippen molar-refractivity contribution in [3.63, 3.8) is 0 Å². The summed E-state index contributed by atoms with van der Waals surface area (Å²) in [5.41, 5.74) is 3.13. The van der Waals surface area contributed by atoms with Crippen LogP contribution in [0.2, 0.25) is 0 Å². The zero-order valence-electron chi connectivity index (χ0n) is 22.7. The molecule has 1 unspecified atom stereocenters. The molecule has 3 amide bonds. The maximum absolute atomic E-state index is 13.2. The van der Waals surface area contributed by atoms with E-state index in [9.17, 15) is 19.5 Å². The molecule has 2 aromatic rings. The molecule has 0 aliphatic heterocycles. The van der Waals surface area contributed by atoms with Gasteiger partial charge in [-0.15, -0.1) is 0 Å². The number of carbonyl (C=O) groups excluding carboxylic acids is 3. The third-order valence-corrected chi connectivity index (χ3v) is 5.63. The topological polar surface area (TPSA) is 141 Å². The summed E-state index contributed by atoms with van der Waals surface area (Å²) in [5.74, 6) is -0.864. The highest BCUT2D eigenvalue weighted by atomic mass is 16.6. The zero-order valence-corrected chi connectivity index (χ0v) is 22.7. The van der Waals surface area contributed by atoms with Crippen molar-refractivity contribution in [2.24, 2.45) is 0 Å². The van der Waals surface area contributed by atoms with Crippen molar-refractivity contribution in [2.45, 2.75) is 72.1 Å². The van der Waals surface area contributed by atoms with Gasteiger partial charge in [0.1, 0.15) is 23.4 Å². The summed E-state index contributed by atoms with van der Waals surface area (Å²) in [6.07, 6.45) is 3.20. The SMILES string of the molecule is Cc1cc(O)cc(C)c1CC(NC(=O)OC(C)(C)C)C(=O)N[C@H](C)C(=O)NC=CCc1ccc(C#N)cc1. The Kier molecular flexibility index (Phi) is 10.5. The Morgan fingerprint density at radius 1 is 1.05 bits per heavy atom. The van der Waals surface area contributed by atoms with Gasteiger partial charge in [0, 0.05) is 12.6 Å². The van der Waals surface area contributed by atoms with E-state index in [-0.39, 0.29) is 12.2 Å². The van der Waals surface area contributed by atoms with Crippen molar-refractivity contribution in [3.8, 4) is 11.8 Å². The molecular formula is C29H36N4O5. The fraction of sp³-hybridized carbons (Fsp3) is 0.379. The summed E-state index contributed by atoms with van der Waals surface area (Å²) in [6.45, 7) is 10.3. The van der Waals surface area contributed by atoms with Crippen molar-refractivity contribution < 1.29 is 24.2 Å². The average Bonchev–Trinajstić information content (AvgIpc) is 2.82. The number of nitrogens with zero attached hydrogens (tertiary/aromatic N) is 1. The van der Waals surface area contributed by atoms with Gasteiger partial charge in [0.25, 0.3) is 0 Å². The molecule has 4 N–H and O–H groups in total. The van der Waals surface area contributed by atoms with Gasteiger partial charge in [-0.3, -0.25) is 9.59 Å². The predicted octanol–water partition coefficient (Wildman–Crippen LogP) is 3.69. The minimum absolute atomic E-state index is 0.113. The second-order valence-corrected chi connectivity index (χ2v) is 10.1. The standard InChI is InChI=1S/C29H36N4O5/c1-18-14-23(34)15-19(2)24(18)16-25(33-28(37)38-29(4,5)6)27(36)32-20(3)26(35)31-13-7-8-21-9-11-22(17-30)12-10-21/h7,9-15,20,25,34H,8,16H2,1-6H3,(H,31,35)(H,32,36)(H,33,37)/t20-,25?/m1/s1. The number of carbonyl (C=O) groups is 3. The second kappa shape index (κ2) is 13.3. The Morgan fingerprint density at radius 3 is 2.21 bits per heavy atom. The first-order valence-corrected chi connectivity index (χ1v) is 12.3. The highest BCUT2D eigenvalue weighted by Crippen LogP contribution is 2.22. The van der Waals surface area contributed by atoms with Crippen LogP contribution in [0.15, 0.2) is 48.7 Å². The first-order chi connectivity index (χ1) is 17.8. The van der Waals surface area contributed by atoms with Gasteiger partial charge >= 0.3 is 6.09 Å². The fourth-order valence-electron chi connectivity index (χ4n) is 3.71. The van der Waals surface area contributed by atoms with Crippen LogP contribution < -0.4 is 16.0 Å². The summed E-state index contributed by atoms with van der Waals surface area (Å²) >= 11 is 0. The van der Waals surface area contributed by atoms with E-state index in [0.29, 0.717) is 12.0 Å². The number of alkyl carbamates (subject to hydrolysis) is 1. The van der Waals surface area contributed by atoms with Crippen LogP contribution in [-0.4, -0.2) is 40.7 Å². The van der Waals surface area contributed by atoms with E-state index in [1.54, 1.807) is 58.0 Å². The van der Waals surface area contributed by atoms with E-state index in [2.05, 4.69) is 22.0 Å². The number of aryl methyl sites for hydroxylation is 2. The van der Waals surface area contributed by atoms with Gasteiger partial charge in [-0.25, -0.2) is 4.79 Å². The molecule has 2 rings (SSSR count). The number of hydrogen-bond acceptors (Lipinski definition) is 6. The number of aromatic hydroxyl groups is 1. The maximum Gasteiger partial charge on any atom is 0.408 e. The number of phenols is 1. The Hall–Kier alpha value is -4.32. The molecule has 0 fully saturated rings. The lowest BCUT2D eigenvalue weighted by Crippen LogP contribution is -2.53. The van der Waals surface area contributed by atoms with E-state index in [0.717, 1.165) is 22.3 Å². The summed E-state index contributed by atoms with van der Waals surface area (Å²) in [4.78, 5) is 38.2. The van der Waals surface area contributed by atoms with Crippen LogP contribution in [0.1, 0.15) is 55.5 Å². The van der Waals surface area contributed by atoms with E-state index in [1.165, 1.54) is 6.20 Å². The number of benzene rings is 2. The van der Waals surface area contributed by atoms with E-state index in [1.807, 2.05) is 26.0 Å². The average molecular weight is 521 g/mol. The number of ether oxygens (including phenoxy) is 1. The molecule has 0 saturated carbocycles. The summed E-state index contributed by atoms with van der Waals surface area (Å²) < 4.78 is 5.33. The van der Waals surface area contributed by atoms with Gasteiger partial charge in [-0.1, -0.05) is 18.2 Å². The number of nitrogens with one attached hydrogen (secondary N) is 3. The predicted molar refractivity (Wildman–Crippen MR) is 144 cm³/mol. The number of amides is 3. The number of allylic oxidation sites excluding steroid dienone is 1. The highest BCUT2D eigenvalue weighted by molar-refractivity contribution is 5.91. The normalized spacial score (nSPS) is 12.8. The summed E-state index contributed by atoms with van der Waals surface area (Å²) in [6, 6.07) is 10.5. The molecule has 9 heteroatoms. The molecule has 202 valence electrons. The van der Waals surface area contributed by atoms with Crippen molar-refractivity contribution in [1.82, 2.24) is 16.0 Å². The Balaban J connectivity index is 2.05. The van der Waals surface area contributed by atoms with E-state index in [4.69, 9.17) is 10.00 Å². The van der Waals surface area contributed by atoms with Crippen LogP contribution in [0, 0.1) is 25.2 Å².